The van der Waals surface area contributed by atoms with Crippen LogP contribution in [0, 0.1) is 17.0 Å². The summed E-state index contributed by atoms with van der Waals surface area (Å²) in [4.78, 5) is 49.1. The molecule has 1 heterocycles. The monoisotopic (exact) mass is 457 g/mol. The number of nitrogens with zero attached hydrogens (tertiary/aromatic N) is 2. The van der Waals surface area contributed by atoms with Crippen molar-refractivity contribution in [3.63, 3.8) is 0 Å². The molecule has 4 rings (SSSR count). The van der Waals surface area contributed by atoms with Crippen LogP contribution >= 0.6 is 0 Å². The van der Waals surface area contributed by atoms with Gasteiger partial charge in [0.2, 0.25) is 0 Å². The van der Waals surface area contributed by atoms with Crippen molar-refractivity contribution in [2.75, 3.05) is 4.90 Å². The second kappa shape index (κ2) is 9.37. The van der Waals surface area contributed by atoms with Gasteiger partial charge in [0.05, 0.1) is 10.6 Å². The van der Waals surface area contributed by atoms with Crippen molar-refractivity contribution in [2.45, 2.75) is 13.5 Å². The quantitative estimate of drug-likeness (QED) is 0.257. The van der Waals surface area contributed by atoms with Gasteiger partial charge in [0.25, 0.3) is 17.5 Å². The number of anilines is 1. The molecule has 0 spiro atoms. The lowest BCUT2D eigenvalue weighted by atomic mass is 10.1. The van der Waals surface area contributed by atoms with Crippen molar-refractivity contribution in [1.29, 1.82) is 0 Å². The third kappa shape index (κ3) is 4.68. The average molecular weight is 457 g/mol. The van der Waals surface area contributed by atoms with E-state index in [-0.39, 0.29) is 17.9 Å². The minimum atomic E-state index is -0.800. The fourth-order valence-corrected chi connectivity index (χ4v) is 3.44. The zero-order chi connectivity index (χ0) is 24.2. The van der Waals surface area contributed by atoms with Crippen LogP contribution in [-0.4, -0.2) is 22.8 Å². The van der Waals surface area contributed by atoms with Crippen LogP contribution in [0.25, 0.3) is 6.08 Å². The van der Waals surface area contributed by atoms with Crippen LogP contribution in [0.4, 0.5) is 16.2 Å². The van der Waals surface area contributed by atoms with E-state index in [9.17, 15) is 24.5 Å². The number of hydrogen-bond donors (Lipinski definition) is 1. The number of non-ortho nitro benzene ring substituents is 1. The first-order valence-electron chi connectivity index (χ1n) is 10.3. The van der Waals surface area contributed by atoms with E-state index in [1.807, 2.05) is 0 Å². The smallest absolute Gasteiger partial charge is 0.335 e. The zero-order valence-electron chi connectivity index (χ0n) is 18.1. The van der Waals surface area contributed by atoms with E-state index < -0.39 is 22.8 Å². The number of nitro groups is 1. The number of urea groups is 1. The maximum absolute atomic E-state index is 13.0. The minimum absolute atomic E-state index is 0.0169. The number of imide groups is 2. The molecule has 0 bridgehead atoms. The van der Waals surface area contributed by atoms with Crippen molar-refractivity contribution in [2.24, 2.45) is 0 Å². The Morgan fingerprint density at radius 1 is 1.00 bits per heavy atom. The summed E-state index contributed by atoms with van der Waals surface area (Å²) in [6.45, 7) is 1.90. The number of nitro benzene ring substituents is 1. The molecule has 0 unspecified atom stereocenters. The molecule has 1 saturated heterocycles. The second-order valence-corrected chi connectivity index (χ2v) is 7.53. The Morgan fingerprint density at radius 2 is 1.74 bits per heavy atom. The standard InChI is InChI=1S/C25H19N3O6/c1-16-5-2-3-8-22(16)27-24(30)21(23(29)26-25(27)31)14-17-9-11-20(12-10-17)34-15-18-6-4-7-19(13-18)28(32)33/h2-14H,15H2,1H3,(H,26,29,31)/b21-14+. The van der Waals surface area contributed by atoms with E-state index in [4.69, 9.17) is 4.74 Å². The minimum Gasteiger partial charge on any atom is -0.489 e. The molecule has 0 aromatic heterocycles. The van der Waals surface area contributed by atoms with E-state index in [1.54, 1.807) is 67.6 Å². The van der Waals surface area contributed by atoms with Gasteiger partial charge < -0.3 is 4.74 Å². The molecular formula is C25H19N3O6. The number of rotatable bonds is 6. The Balaban J connectivity index is 1.51. The first-order valence-corrected chi connectivity index (χ1v) is 10.3. The number of para-hydroxylation sites is 1. The number of benzene rings is 3. The van der Waals surface area contributed by atoms with Gasteiger partial charge in [-0.15, -0.1) is 0 Å². The van der Waals surface area contributed by atoms with Crippen LogP contribution in [0.15, 0.2) is 78.4 Å². The lowest BCUT2D eigenvalue weighted by Crippen LogP contribution is -2.54. The summed E-state index contributed by atoms with van der Waals surface area (Å²) in [7, 11) is 0. The Kier molecular flexibility index (Phi) is 6.18. The number of aryl methyl sites for hydroxylation is 1. The van der Waals surface area contributed by atoms with Crippen molar-refractivity contribution in [1.82, 2.24) is 5.32 Å². The largest absolute Gasteiger partial charge is 0.489 e. The zero-order valence-corrected chi connectivity index (χ0v) is 18.1. The van der Waals surface area contributed by atoms with E-state index in [1.165, 1.54) is 18.2 Å². The molecule has 170 valence electrons. The lowest BCUT2D eigenvalue weighted by molar-refractivity contribution is -0.384. The number of carbonyl (C=O) groups excluding carboxylic acids is 3. The predicted octanol–water partition coefficient (Wildman–Crippen LogP) is 4.15. The number of hydrogen-bond acceptors (Lipinski definition) is 6. The number of nitrogens with one attached hydrogen (secondary N) is 1. The van der Waals surface area contributed by atoms with Gasteiger partial charge >= 0.3 is 6.03 Å². The van der Waals surface area contributed by atoms with Gasteiger partial charge in [-0.25, -0.2) is 9.69 Å². The first kappa shape index (κ1) is 22.4. The van der Waals surface area contributed by atoms with Crippen molar-refractivity contribution in [3.8, 4) is 5.75 Å². The summed E-state index contributed by atoms with van der Waals surface area (Å²) in [5, 5.41) is 13.1. The van der Waals surface area contributed by atoms with Crippen molar-refractivity contribution >= 4 is 35.3 Å². The van der Waals surface area contributed by atoms with E-state index in [2.05, 4.69) is 5.32 Å². The summed E-state index contributed by atoms with van der Waals surface area (Å²) < 4.78 is 5.67. The van der Waals surface area contributed by atoms with E-state index in [0.717, 1.165) is 4.90 Å². The van der Waals surface area contributed by atoms with Gasteiger partial charge in [-0.2, -0.15) is 0 Å². The molecule has 34 heavy (non-hydrogen) atoms. The molecule has 0 saturated carbocycles. The highest BCUT2D eigenvalue weighted by molar-refractivity contribution is 6.39. The van der Waals surface area contributed by atoms with Crippen LogP contribution in [0.2, 0.25) is 0 Å². The highest BCUT2D eigenvalue weighted by atomic mass is 16.6. The Morgan fingerprint density at radius 3 is 2.44 bits per heavy atom. The fraction of sp³-hybridized carbons (Fsp3) is 0.0800. The average Bonchev–Trinajstić information content (AvgIpc) is 2.82. The molecule has 9 heteroatoms. The normalized spacial score (nSPS) is 14.8. The fourth-order valence-electron chi connectivity index (χ4n) is 3.44. The summed E-state index contributed by atoms with van der Waals surface area (Å²) in [6.07, 6.45) is 1.40. The molecule has 0 aliphatic carbocycles. The van der Waals surface area contributed by atoms with Gasteiger partial charge in [0, 0.05) is 12.1 Å². The Hall–Kier alpha value is -4.79. The summed E-state index contributed by atoms with van der Waals surface area (Å²) in [5.41, 5.74) is 2.12. The van der Waals surface area contributed by atoms with Gasteiger partial charge in [-0.3, -0.25) is 25.0 Å². The Bertz CT molecular complexity index is 1330. The topological polar surface area (TPSA) is 119 Å². The van der Waals surface area contributed by atoms with Gasteiger partial charge in [0.15, 0.2) is 0 Å². The molecule has 4 amide bonds. The molecule has 1 aliphatic rings. The van der Waals surface area contributed by atoms with Crippen LogP contribution in [0.1, 0.15) is 16.7 Å². The van der Waals surface area contributed by atoms with E-state index in [0.29, 0.717) is 28.1 Å². The summed E-state index contributed by atoms with van der Waals surface area (Å²) >= 11 is 0. The number of amides is 4. The SMILES string of the molecule is Cc1ccccc1N1C(=O)NC(=O)/C(=C\c2ccc(OCc3cccc([N+](=O)[O-])c3)cc2)C1=O. The molecule has 0 atom stereocenters. The molecule has 0 radical (unpaired) electrons. The molecule has 1 fully saturated rings. The maximum Gasteiger partial charge on any atom is 0.335 e. The Labute approximate surface area is 194 Å². The molecular weight excluding hydrogens is 438 g/mol. The van der Waals surface area contributed by atoms with Gasteiger partial charge in [-0.05, 0) is 47.9 Å². The molecule has 1 N–H and O–H groups in total. The summed E-state index contributed by atoms with van der Waals surface area (Å²) in [5.74, 6) is -0.982. The van der Waals surface area contributed by atoms with Crippen LogP contribution in [0.3, 0.4) is 0 Å². The third-order valence-electron chi connectivity index (χ3n) is 5.18. The van der Waals surface area contributed by atoms with Crippen LogP contribution in [0.5, 0.6) is 5.75 Å². The first-order chi connectivity index (χ1) is 16.3. The molecule has 9 nitrogen and oxygen atoms in total. The van der Waals surface area contributed by atoms with Gasteiger partial charge in [-0.1, -0.05) is 42.5 Å². The van der Waals surface area contributed by atoms with Gasteiger partial charge in [0.1, 0.15) is 17.9 Å². The molecule has 3 aromatic carbocycles. The predicted molar refractivity (Wildman–Crippen MR) is 124 cm³/mol. The molecule has 3 aromatic rings. The highest BCUT2D eigenvalue weighted by Crippen LogP contribution is 2.25. The highest BCUT2D eigenvalue weighted by Gasteiger charge is 2.37. The third-order valence-corrected chi connectivity index (χ3v) is 5.18. The summed E-state index contributed by atoms with van der Waals surface area (Å²) in [6, 6.07) is 18.9. The van der Waals surface area contributed by atoms with Crippen LogP contribution < -0.4 is 15.0 Å². The number of carbonyl (C=O) groups is 3. The lowest BCUT2D eigenvalue weighted by Gasteiger charge is -2.27. The second-order valence-electron chi connectivity index (χ2n) is 7.53. The number of ether oxygens (including phenoxy) is 1. The number of barbiturate groups is 1. The molecule has 1 aliphatic heterocycles. The van der Waals surface area contributed by atoms with Crippen molar-refractivity contribution in [3.05, 3.63) is 105 Å². The van der Waals surface area contributed by atoms with Crippen LogP contribution in [-0.2, 0) is 16.2 Å². The van der Waals surface area contributed by atoms with E-state index >= 15 is 0 Å². The van der Waals surface area contributed by atoms with Crippen molar-refractivity contribution < 1.29 is 24.0 Å². The maximum atomic E-state index is 13.0.